The van der Waals surface area contributed by atoms with Crippen LogP contribution in [0.15, 0.2) is 24.4 Å². The Kier molecular flexibility index (Phi) is 5.35. The molecular weight excluding hydrogens is 328 g/mol. The molecule has 2 aromatic heterocycles. The molecule has 0 saturated heterocycles. The summed E-state index contributed by atoms with van der Waals surface area (Å²) in [6.07, 6.45) is 5.20. The number of fused-ring (bicyclic) bond motifs is 1. The summed E-state index contributed by atoms with van der Waals surface area (Å²) in [6, 6.07) is 5.78. The minimum atomic E-state index is -0.292. The molecule has 5 heteroatoms. The van der Waals surface area contributed by atoms with E-state index in [9.17, 15) is 9.59 Å². The molecule has 1 atom stereocenters. The van der Waals surface area contributed by atoms with E-state index in [0.29, 0.717) is 5.69 Å². The Labute approximate surface area is 155 Å². The van der Waals surface area contributed by atoms with Gasteiger partial charge in [-0.2, -0.15) is 0 Å². The summed E-state index contributed by atoms with van der Waals surface area (Å²) in [5.41, 5.74) is 3.35. The van der Waals surface area contributed by atoms with Crippen molar-refractivity contribution in [2.45, 2.75) is 65.0 Å². The summed E-state index contributed by atoms with van der Waals surface area (Å²) >= 11 is 0. The van der Waals surface area contributed by atoms with Crippen molar-refractivity contribution in [3.05, 3.63) is 47.0 Å². The molecule has 0 amide bonds. The van der Waals surface area contributed by atoms with Crippen LogP contribution in [-0.2, 0) is 29.5 Å². The third-order valence-corrected chi connectivity index (χ3v) is 5.10. The summed E-state index contributed by atoms with van der Waals surface area (Å²) in [4.78, 5) is 25.9. The van der Waals surface area contributed by atoms with Crippen LogP contribution in [-0.4, -0.2) is 27.0 Å². The highest BCUT2D eigenvalue weighted by molar-refractivity contribution is 6.08. The lowest BCUT2D eigenvalue weighted by atomic mass is 9.99. The molecule has 3 rings (SSSR count). The maximum Gasteiger partial charge on any atom is 0.315 e. The lowest BCUT2D eigenvalue weighted by molar-refractivity contribution is -0.149. The number of ketones is 1. The van der Waals surface area contributed by atoms with E-state index in [1.54, 1.807) is 0 Å². The van der Waals surface area contributed by atoms with Crippen molar-refractivity contribution in [3.63, 3.8) is 0 Å². The van der Waals surface area contributed by atoms with Gasteiger partial charge >= 0.3 is 5.97 Å². The molecule has 3 heterocycles. The molecule has 0 aliphatic carbocycles. The number of carbonyl (C=O) groups is 2. The molecular formula is C21H28N2O3. The Morgan fingerprint density at radius 3 is 2.69 bits per heavy atom. The molecule has 0 spiro atoms. The van der Waals surface area contributed by atoms with Gasteiger partial charge in [0.25, 0.3) is 0 Å². The lowest BCUT2D eigenvalue weighted by Crippen LogP contribution is -2.22. The summed E-state index contributed by atoms with van der Waals surface area (Å²) in [5, 5.41) is 0. The molecule has 0 saturated carbocycles. The second-order valence-electron chi connectivity index (χ2n) is 7.32. The van der Waals surface area contributed by atoms with Gasteiger partial charge in [0.15, 0.2) is 0 Å². The number of carbonyl (C=O) groups excluding carboxylic acids is 2. The maximum absolute atomic E-state index is 13.2. The number of aromatic nitrogens is 2. The average molecular weight is 356 g/mol. The molecule has 0 fully saturated rings. The summed E-state index contributed by atoms with van der Waals surface area (Å²) < 4.78 is 9.42. The molecule has 1 aliphatic rings. The normalized spacial score (nSPS) is 17.0. The van der Waals surface area contributed by atoms with Crippen molar-refractivity contribution in [2.24, 2.45) is 7.05 Å². The number of aryl methyl sites for hydroxylation is 2. The topological polar surface area (TPSA) is 53.2 Å². The SMILES string of the molecule is CCc1cc2n(c1C(=O)c1cccn1C)CCCCC2C(=O)OC(C)C. The molecule has 0 bridgehead atoms. The van der Waals surface area contributed by atoms with Crippen molar-refractivity contribution in [3.8, 4) is 0 Å². The molecule has 2 aromatic rings. The van der Waals surface area contributed by atoms with Gasteiger partial charge in [0.2, 0.25) is 5.78 Å². The quantitative estimate of drug-likeness (QED) is 0.604. The molecule has 5 nitrogen and oxygen atoms in total. The van der Waals surface area contributed by atoms with Gasteiger partial charge in [-0.05, 0) is 56.9 Å². The maximum atomic E-state index is 13.2. The molecule has 140 valence electrons. The second kappa shape index (κ2) is 7.52. The highest BCUT2D eigenvalue weighted by atomic mass is 16.5. The largest absolute Gasteiger partial charge is 0.462 e. The molecule has 1 aliphatic heterocycles. The van der Waals surface area contributed by atoms with E-state index < -0.39 is 0 Å². The first-order valence-corrected chi connectivity index (χ1v) is 9.52. The summed E-state index contributed by atoms with van der Waals surface area (Å²) in [5.74, 6) is -0.445. The first-order valence-electron chi connectivity index (χ1n) is 9.52. The summed E-state index contributed by atoms with van der Waals surface area (Å²) in [7, 11) is 1.88. The van der Waals surface area contributed by atoms with Crippen molar-refractivity contribution < 1.29 is 14.3 Å². The van der Waals surface area contributed by atoms with E-state index in [4.69, 9.17) is 4.74 Å². The number of ether oxygens (including phenoxy) is 1. The number of rotatable bonds is 5. The van der Waals surface area contributed by atoms with Gasteiger partial charge in [0, 0.05) is 25.5 Å². The van der Waals surface area contributed by atoms with Crippen LogP contribution in [0, 0.1) is 0 Å². The van der Waals surface area contributed by atoms with Crippen molar-refractivity contribution in [1.82, 2.24) is 9.13 Å². The van der Waals surface area contributed by atoms with E-state index in [1.807, 2.05) is 49.9 Å². The van der Waals surface area contributed by atoms with Crippen molar-refractivity contribution in [1.29, 1.82) is 0 Å². The minimum absolute atomic E-state index is 0.0264. The first-order chi connectivity index (χ1) is 12.4. The number of hydrogen-bond donors (Lipinski definition) is 0. The lowest BCUT2D eigenvalue weighted by Gasteiger charge is -2.18. The number of nitrogens with zero attached hydrogens (tertiary/aromatic N) is 2. The fraction of sp³-hybridized carbons (Fsp3) is 0.524. The van der Waals surface area contributed by atoms with Crippen LogP contribution in [0.25, 0.3) is 0 Å². The van der Waals surface area contributed by atoms with Crippen molar-refractivity contribution >= 4 is 11.8 Å². The molecule has 26 heavy (non-hydrogen) atoms. The van der Waals surface area contributed by atoms with Crippen LogP contribution >= 0.6 is 0 Å². The first kappa shape index (κ1) is 18.5. The van der Waals surface area contributed by atoms with Crippen molar-refractivity contribution in [2.75, 3.05) is 0 Å². The van der Waals surface area contributed by atoms with Crippen LogP contribution in [0.1, 0.15) is 73.4 Å². The Bertz CT molecular complexity index is 813. The van der Waals surface area contributed by atoms with Gasteiger partial charge in [-0.1, -0.05) is 13.3 Å². The van der Waals surface area contributed by atoms with Gasteiger partial charge in [0.05, 0.1) is 23.4 Å². The van der Waals surface area contributed by atoms with E-state index in [2.05, 4.69) is 11.5 Å². The third-order valence-electron chi connectivity index (χ3n) is 5.10. The third kappa shape index (κ3) is 3.35. The molecule has 0 radical (unpaired) electrons. The number of hydrogen-bond acceptors (Lipinski definition) is 3. The van der Waals surface area contributed by atoms with E-state index in [1.165, 1.54) is 0 Å². The Hall–Kier alpha value is -2.30. The zero-order valence-corrected chi connectivity index (χ0v) is 16.1. The van der Waals surface area contributed by atoms with Gasteiger partial charge < -0.3 is 13.9 Å². The van der Waals surface area contributed by atoms with E-state index in [0.717, 1.165) is 49.2 Å². The van der Waals surface area contributed by atoms with Crippen LogP contribution in [0.2, 0.25) is 0 Å². The smallest absolute Gasteiger partial charge is 0.315 e. The van der Waals surface area contributed by atoms with Gasteiger partial charge in [-0.3, -0.25) is 9.59 Å². The van der Waals surface area contributed by atoms with Crippen LogP contribution in [0.3, 0.4) is 0 Å². The monoisotopic (exact) mass is 356 g/mol. The molecule has 0 N–H and O–H groups in total. The van der Waals surface area contributed by atoms with Gasteiger partial charge in [-0.15, -0.1) is 0 Å². The second-order valence-corrected chi connectivity index (χ2v) is 7.32. The van der Waals surface area contributed by atoms with Crippen LogP contribution in [0.4, 0.5) is 0 Å². The predicted octanol–water partition coefficient (Wildman–Crippen LogP) is 3.84. The van der Waals surface area contributed by atoms with E-state index >= 15 is 0 Å². The predicted molar refractivity (Wildman–Crippen MR) is 100 cm³/mol. The molecule has 1 unspecified atom stereocenters. The molecule has 0 aromatic carbocycles. The highest BCUT2D eigenvalue weighted by Crippen LogP contribution is 2.33. The minimum Gasteiger partial charge on any atom is -0.462 e. The van der Waals surface area contributed by atoms with Gasteiger partial charge in [-0.25, -0.2) is 0 Å². The zero-order valence-electron chi connectivity index (χ0n) is 16.1. The standard InChI is InChI=1S/C21H28N2O3/c1-5-15-13-18-16(21(25)26-14(2)3)9-6-7-12-23(18)19(15)20(24)17-10-8-11-22(17)4/h8,10-11,13-14,16H,5-7,9,12H2,1-4H3. The Morgan fingerprint density at radius 2 is 2.08 bits per heavy atom. The zero-order chi connectivity index (χ0) is 18.8. The average Bonchev–Trinajstić information content (AvgIpc) is 3.11. The number of esters is 1. The highest BCUT2D eigenvalue weighted by Gasteiger charge is 2.32. The van der Waals surface area contributed by atoms with Crippen LogP contribution < -0.4 is 0 Å². The van der Waals surface area contributed by atoms with Gasteiger partial charge in [0.1, 0.15) is 0 Å². The summed E-state index contributed by atoms with van der Waals surface area (Å²) in [6.45, 7) is 6.57. The fourth-order valence-corrected chi connectivity index (χ4v) is 3.83. The Balaban J connectivity index is 2.08. The van der Waals surface area contributed by atoms with E-state index in [-0.39, 0.29) is 23.8 Å². The fourth-order valence-electron chi connectivity index (χ4n) is 3.83. The Morgan fingerprint density at radius 1 is 1.31 bits per heavy atom. The van der Waals surface area contributed by atoms with Crippen LogP contribution in [0.5, 0.6) is 0 Å².